The number of ether oxygens (including phenoxy) is 2. The molecule has 0 aliphatic heterocycles. The molecule has 0 spiro atoms. The third-order valence-electron chi connectivity index (χ3n) is 2.17. The van der Waals surface area contributed by atoms with Gasteiger partial charge in [0.05, 0.1) is 6.61 Å². The average molecular weight is 244 g/mol. The summed E-state index contributed by atoms with van der Waals surface area (Å²) in [4.78, 5) is 0. The Balaban J connectivity index is 2.90. The summed E-state index contributed by atoms with van der Waals surface area (Å²) in [7, 11) is 0. The topological polar surface area (TPSA) is 18.5 Å². The van der Waals surface area contributed by atoms with Crippen molar-refractivity contribution in [2.45, 2.75) is 33.8 Å². The first-order valence-corrected chi connectivity index (χ1v) is 5.73. The third-order valence-corrected chi connectivity index (χ3v) is 2.17. The molecule has 0 atom stereocenters. The van der Waals surface area contributed by atoms with Crippen LogP contribution in [0.5, 0.6) is 11.5 Å². The van der Waals surface area contributed by atoms with E-state index in [0.717, 1.165) is 12.0 Å². The number of alkyl halides is 2. The zero-order chi connectivity index (χ0) is 12.8. The van der Waals surface area contributed by atoms with Crippen LogP contribution in [0.15, 0.2) is 18.2 Å². The highest BCUT2D eigenvalue weighted by Gasteiger charge is 2.11. The quantitative estimate of drug-likeness (QED) is 0.756. The second-order valence-electron chi connectivity index (χ2n) is 4.19. The van der Waals surface area contributed by atoms with Gasteiger partial charge in [0.15, 0.2) is 11.5 Å². The first-order valence-electron chi connectivity index (χ1n) is 5.73. The fourth-order valence-corrected chi connectivity index (χ4v) is 1.61. The minimum absolute atomic E-state index is 0.0920. The lowest BCUT2D eigenvalue weighted by Crippen LogP contribution is -2.05. The molecule has 0 radical (unpaired) electrons. The molecule has 1 aromatic rings. The van der Waals surface area contributed by atoms with Crippen molar-refractivity contribution in [3.8, 4) is 11.5 Å². The van der Waals surface area contributed by atoms with E-state index in [4.69, 9.17) is 4.74 Å². The molecule has 1 rings (SSSR count). The Hall–Kier alpha value is -1.32. The van der Waals surface area contributed by atoms with Crippen LogP contribution >= 0.6 is 0 Å². The molecule has 1 aromatic carbocycles. The van der Waals surface area contributed by atoms with Gasteiger partial charge in [0.25, 0.3) is 0 Å². The molecule has 0 amide bonds. The number of hydrogen-bond donors (Lipinski definition) is 0. The molecule has 0 aliphatic carbocycles. The summed E-state index contributed by atoms with van der Waals surface area (Å²) >= 11 is 0. The van der Waals surface area contributed by atoms with Crippen LogP contribution in [0, 0.1) is 5.92 Å². The predicted octanol–water partition coefficient (Wildman–Crippen LogP) is 3.89. The molecule has 4 heteroatoms. The summed E-state index contributed by atoms with van der Waals surface area (Å²) in [6.07, 6.45) is 0.884. The van der Waals surface area contributed by atoms with Crippen LogP contribution in [0.25, 0.3) is 0 Å². The van der Waals surface area contributed by atoms with E-state index in [1.807, 2.05) is 0 Å². The van der Waals surface area contributed by atoms with Gasteiger partial charge in [-0.15, -0.1) is 0 Å². The maximum Gasteiger partial charge on any atom is 0.387 e. The zero-order valence-corrected chi connectivity index (χ0v) is 10.4. The van der Waals surface area contributed by atoms with E-state index < -0.39 is 6.61 Å². The summed E-state index contributed by atoms with van der Waals surface area (Å²) in [5.74, 6) is 0.978. The van der Waals surface area contributed by atoms with Crippen molar-refractivity contribution in [3.63, 3.8) is 0 Å². The molecule has 96 valence electrons. The summed E-state index contributed by atoms with van der Waals surface area (Å²) in [5.41, 5.74) is 1.06. The summed E-state index contributed by atoms with van der Waals surface area (Å²) in [6.45, 7) is 3.60. The Kier molecular flexibility index (Phi) is 5.19. The van der Waals surface area contributed by atoms with Crippen LogP contribution in [0.4, 0.5) is 8.78 Å². The van der Waals surface area contributed by atoms with Gasteiger partial charge in [-0.05, 0) is 37.0 Å². The van der Waals surface area contributed by atoms with Gasteiger partial charge in [0.2, 0.25) is 0 Å². The second-order valence-corrected chi connectivity index (χ2v) is 4.19. The van der Waals surface area contributed by atoms with Gasteiger partial charge in [-0.25, -0.2) is 0 Å². The highest BCUT2D eigenvalue weighted by Crippen LogP contribution is 2.30. The third kappa shape index (κ3) is 4.59. The van der Waals surface area contributed by atoms with Crippen LogP contribution in [-0.2, 0) is 6.42 Å². The molecule has 0 fully saturated rings. The Labute approximate surface area is 101 Å². The number of rotatable bonds is 6. The fraction of sp³-hybridized carbons (Fsp3) is 0.538. The lowest BCUT2D eigenvalue weighted by Gasteiger charge is -2.13. The van der Waals surface area contributed by atoms with Crippen molar-refractivity contribution < 1.29 is 18.3 Å². The Morgan fingerprint density at radius 2 is 1.88 bits per heavy atom. The summed E-state index contributed by atoms with van der Waals surface area (Å²) in [6, 6.07) is 5.09. The minimum Gasteiger partial charge on any atom is -0.490 e. The van der Waals surface area contributed by atoms with Gasteiger partial charge >= 0.3 is 6.61 Å². The van der Waals surface area contributed by atoms with Crippen molar-refractivity contribution >= 4 is 0 Å². The number of hydrogen-bond acceptors (Lipinski definition) is 2. The van der Waals surface area contributed by atoms with Crippen LogP contribution < -0.4 is 9.47 Å². The summed E-state index contributed by atoms with van der Waals surface area (Å²) < 4.78 is 34.0. The van der Waals surface area contributed by atoms with Crippen molar-refractivity contribution in [1.82, 2.24) is 0 Å². The molecule has 0 saturated carbocycles. The Bertz CT molecular complexity index is 351. The van der Waals surface area contributed by atoms with E-state index >= 15 is 0 Å². The second kappa shape index (κ2) is 6.42. The Morgan fingerprint density at radius 1 is 1.18 bits per heavy atom. The Morgan fingerprint density at radius 3 is 2.41 bits per heavy atom. The molecule has 0 unspecified atom stereocenters. The predicted molar refractivity (Wildman–Crippen MR) is 62.8 cm³/mol. The van der Waals surface area contributed by atoms with E-state index in [1.165, 1.54) is 6.07 Å². The van der Waals surface area contributed by atoms with Gasteiger partial charge in [0.1, 0.15) is 0 Å². The molecule has 0 saturated heterocycles. The minimum atomic E-state index is -2.83. The lowest BCUT2D eigenvalue weighted by atomic mass is 10.0. The van der Waals surface area contributed by atoms with E-state index in [0.29, 0.717) is 18.3 Å². The van der Waals surface area contributed by atoms with Gasteiger partial charge in [-0.1, -0.05) is 19.9 Å². The SMILES string of the molecule is CCOc1cc(CC(C)C)ccc1OC(F)F. The average Bonchev–Trinajstić information content (AvgIpc) is 2.21. The molecular formula is C13H18F2O2. The summed E-state index contributed by atoms with van der Waals surface area (Å²) in [5, 5.41) is 0. The van der Waals surface area contributed by atoms with Gasteiger partial charge in [-0.3, -0.25) is 0 Å². The highest BCUT2D eigenvalue weighted by atomic mass is 19.3. The van der Waals surface area contributed by atoms with Crippen molar-refractivity contribution in [2.24, 2.45) is 5.92 Å². The molecule has 0 heterocycles. The van der Waals surface area contributed by atoms with Gasteiger partial charge in [0, 0.05) is 0 Å². The van der Waals surface area contributed by atoms with Gasteiger partial charge in [-0.2, -0.15) is 8.78 Å². The van der Waals surface area contributed by atoms with Crippen molar-refractivity contribution in [2.75, 3.05) is 6.61 Å². The zero-order valence-electron chi connectivity index (χ0n) is 10.4. The molecular weight excluding hydrogens is 226 g/mol. The van der Waals surface area contributed by atoms with Crippen LogP contribution in [0.3, 0.4) is 0 Å². The molecule has 17 heavy (non-hydrogen) atoms. The fourth-order valence-electron chi connectivity index (χ4n) is 1.61. The van der Waals surface area contributed by atoms with Crippen LogP contribution in [0.1, 0.15) is 26.3 Å². The first-order chi connectivity index (χ1) is 8.02. The molecule has 2 nitrogen and oxygen atoms in total. The van der Waals surface area contributed by atoms with Crippen LogP contribution in [0.2, 0.25) is 0 Å². The number of halogens is 2. The molecule has 0 aromatic heterocycles. The maximum absolute atomic E-state index is 12.2. The normalized spacial score (nSPS) is 11.0. The molecule has 0 bridgehead atoms. The highest BCUT2D eigenvalue weighted by molar-refractivity contribution is 5.43. The maximum atomic E-state index is 12.2. The van der Waals surface area contributed by atoms with Crippen molar-refractivity contribution in [3.05, 3.63) is 23.8 Å². The van der Waals surface area contributed by atoms with Crippen molar-refractivity contribution in [1.29, 1.82) is 0 Å². The van der Waals surface area contributed by atoms with E-state index in [1.54, 1.807) is 19.1 Å². The number of benzene rings is 1. The van der Waals surface area contributed by atoms with E-state index in [9.17, 15) is 8.78 Å². The smallest absolute Gasteiger partial charge is 0.387 e. The van der Waals surface area contributed by atoms with E-state index in [2.05, 4.69) is 18.6 Å². The standard InChI is InChI=1S/C13H18F2O2/c1-4-16-12-8-10(7-9(2)3)5-6-11(12)17-13(14)15/h5-6,8-9,13H,4,7H2,1-3H3. The molecule has 0 aliphatic rings. The lowest BCUT2D eigenvalue weighted by molar-refractivity contribution is -0.0514. The van der Waals surface area contributed by atoms with Gasteiger partial charge < -0.3 is 9.47 Å². The van der Waals surface area contributed by atoms with Crippen LogP contribution in [-0.4, -0.2) is 13.2 Å². The first kappa shape index (κ1) is 13.7. The van der Waals surface area contributed by atoms with E-state index in [-0.39, 0.29) is 5.75 Å². The molecule has 0 N–H and O–H groups in total. The largest absolute Gasteiger partial charge is 0.490 e. The monoisotopic (exact) mass is 244 g/mol.